The van der Waals surface area contributed by atoms with E-state index in [1.807, 2.05) is 0 Å². The average molecular weight is 318 g/mol. The first-order valence-corrected chi connectivity index (χ1v) is 7.26. The van der Waals surface area contributed by atoms with Gasteiger partial charge in [-0.3, -0.25) is 4.72 Å². The fraction of sp³-hybridized carbons (Fsp3) is 0.182. The fourth-order valence-corrected chi connectivity index (χ4v) is 2.74. The first-order valence-electron chi connectivity index (χ1n) is 5.40. The predicted octanol–water partition coefficient (Wildman–Crippen LogP) is 1.88. The summed E-state index contributed by atoms with van der Waals surface area (Å²) in [4.78, 5) is 6.18. The van der Waals surface area contributed by atoms with Crippen LogP contribution in [0.15, 0.2) is 29.7 Å². The van der Waals surface area contributed by atoms with Crippen molar-refractivity contribution in [2.24, 2.45) is 0 Å². The number of halogens is 1. The van der Waals surface area contributed by atoms with E-state index in [-0.39, 0.29) is 21.5 Å². The zero-order valence-corrected chi connectivity index (χ0v) is 12.2. The van der Waals surface area contributed by atoms with Crippen LogP contribution in [0.2, 0.25) is 5.02 Å². The number of methoxy groups -OCH3 is 2. The topological polar surface area (TPSA) is 93.3 Å². The molecule has 0 saturated carbocycles. The van der Waals surface area contributed by atoms with E-state index < -0.39 is 10.0 Å². The number of benzene rings is 1. The van der Waals surface area contributed by atoms with Crippen LogP contribution in [0.4, 0.5) is 5.69 Å². The number of sulfonamides is 1. The van der Waals surface area contributed by atoms with Crippen LogP contribution in [0.1, 0.15) is 0 Å². The van der Waals surface area contributed by atoms with Gasteiger partial charge in [0.2, 0.25) is 0 Å². The molecule has 0 bridgehead atoms. The lowest BCUT2D eigenvalue weighted by atomic mass is 10.3. The van der Waals surface area contributed by atoms with Crippen molar-refractivity contribution < 1.29 is 17.9 Å². The number of ether oxygens (including phenoxy) is 2. The van der Waals surface area contributed by atoms with Gasteiger partial charge >= 0.3 is 0 Å². The van der Waals surface area contributed by atoms with E-state index in [0.717, 1.165) is 0 Å². The Morgan fingerprint density at radius 1 is 1.25 bits per heavy atom. The first-order chi connectivity index (χ1) is 9.47. The SMILES string of the molecule is COc1cc(OC)c(NS(=O)(=O)c2cnc[nH]2)cc1Cl. The third kappa shape index (κ3) is 2.81. The number of anilines is 1. The van der Waals surface area contributed by atoms with Crippen LogP contribution >= 0.6 is 11.6 Å². The van der Waals surface area contributed by atoms with Gasteiger partial charge in [0, 0.05) is 6.07 Å². The highest BCUT2D eigenvalue weighted by atomic mass is 35.5. The van der Waals surface area contributed by atoms with E-state index in [1.165, 1.54) is 38.9 Å². The summed E-state index contributed by atoms with van der Waals surface area (Å²) in [6.07, 6.45) is 2.47. The summed E-state index contributed by atoms with van der Waals surface area (Å²) in [7, 11) is -0.920. The number of H-pyrrole nitrogens is 1. The summed E-state index contributed by atoms with van der Waals surface area (Å²) in [5.41, 5.74) is 0.202. The molecule has 0 aliphatic carbocycles. The average Bonchev–Trinajstić information content (AvgIpc) is 2.93. The summed E-state index contributed by atoms with van der Waals surface area (Å²) in [5.74, 6) is 0.669. The maximum Gasteiger partial charge on any atom is 0.279 e. The van der Waals surface area contributed by atoms with Crippen molar-refractivity contribution in [3.63, 3.8) is 0 Å². The van der Waals surface area contributed by atoms with Crippen LogP contribution in [-0.2, 0) is 10.0 Å². The molecule has 0 aliphatic rings. The van der Waals surface area contributed by atoms with Gasteiger partial charge < -0.3 is 14.5 Å². The van der Waals surface area contributed by atoms with E-state index in [0.29, 0.717) is 5.75 Å². The second-order valence-electron chi connectivity index (χ2n) is 3.71. The molecule has 108 valence electrons. The third-order valence-corrected chi connectivity index (χ3v) is 4.07. The highest BCUT2D eigenvalue weighted by Gasteiger charge is 2.19. The Balaban J connectivity index is 2.41. The number of nitrogens with zero attached hydrogens (tertiary/aromatic N) is 1. The van der Waals surface area contributed by atoms with Gasteiger partial charge in [-0.2, -0.15) is 8.42 Å². The van der Waals surface area contributed by atoms with Crippen LogP contribution in [0.5, 0.6) is 11.5 Å². The quantitative estimate of drug-likeness (QED) is 0.878. The summed E-state index contributed by atoms with van der Waals surface area (Å²) in [6.45, 7) is 0. The number of imidazole rings is 1. The van der Waals surface area contributed by atoms with E-state index in [2.05, 4.69) is 14.7 Å². The van der Waals surface area contributed by atoms with Crippen molar-refractivity contribution in [2.75, 3.05) is 18.9 Å². The van der Waals surface area contributed by atoms with Crippen LogP contribution in [0, 0.1) is 0 Å². The van der Waals surface area contributed by atoms with Crippen molar-refractivity contribution in [1.82, 2.24) is 9.97 Å². The van der Waals surface area contributed by atoms with Gasteiger partial charge in [-0.25, -0.2) is 4.98 Å². The Kier molecular flexibility index (Phi) is 4.05. The Hall–Kier alpha value is -1.93. The van der Waals surface area contributed by atoms with Gasteiger partial charge in [0.15, 0.2) is 5.03 Å². The van der Waals surface area contributed by atoms with Crippen molar-refractivity contribution >= 4 is 27.3 Å². The molecule has 0 amide bonds. The molecule has 7 nitrogen and oxygen atoms in total. The molecule has 9 heteroatoms. The molecule has 0 spiro atoms. The fourth-order valence-electron chi connectivity index (χ4n) is 1.53. The predicted molar refractivity (Wildman–Crippen MR) is 74.0 cm³/mol. The largest absolute Gasteiger partial charge is 0.495 e. The summed E-state index contributed by atoms with van der Waals surface area (Å²) in [6, 6.07) is 2.90. The molecule has 0 unspecified atom stereocenters. The van der Waals surface area contributed by atoms with Gasteiger partial charge in [0.05, 0.1) is 37.5 Å². The molecule has 1 aromatic carbocycles. The number of hydrogen-bond donors (Lipinski definition) is 2. The molecule has 1 aromatic heterocycles. The summed E-state index contributed by atoms with van der Waals surface area (Å²) < 4.78 is 36.7. The number of aromatic amines is 1. The Bertz CT molecular complexity index is 701. The number of hydrogen-bond acceptors (Lipinski definition) is 5. The normalized spacial score (nSPS) is 11.2. The Morgan fingerprint density at radius 2 is 1.95 bits per heavy atom. The van der Waals surface area contributed by atoms with E-state index in [4.69, 9.17) is 21.1 Å². The minimum atomic E-state index is -3.79. The monoisotopic (exact) mass is 317 g/mol. The molecule has 0 aliphatic heterocycles. The van der Waals surface area contributed by atoms with Crippen molar-refractivity contribution in [3.8, 4) is 11.5 Å². The smallest absolute Gasteiger partial charge is 0.279 e. The van der Waals surface area contributed by atoms with E-state index in [1.54, 1.807) is 0 Å². The molecule has 0 atom stereocenters. The van der Waals surface area contributed by atoms with Gasteiger partial charge in [0.25, 0.3) is 10.0 Å². The number of nitrogens with one attached hydrogen (secondary N) is 2. The Morgan fingerprint density at radius 3 is 2.50 bits per heavy atom. The zero-order chi connectivity index (χ0) is 14.8. The van der Waals surface area contributed by atoms with Crippen molar-refractivity contribution in [1.29, 1.82) is 0 Å². The van der Waals surface area contributed by atoms with Crippen LogP contribution in [0.3, 0.4) is 0 Å². The maximum atomic E-state index is 12.1. The van der Waals surface area contributed by atoms with Crippen LogP contribution in [0.25, 0.3) is 0 Å². The third-order valence-electron chi connectivity index (χ3n) is 2.48. The number of aromatic nitrogens is 2. The van der Waals surface area contributed by atoms with Crippen molar-refractivity contribution in [2.45, 2.75) is 5.03 Å². The zero-order valence-electron chi connectivity index (χ0n) is 10.7. The van der Waals surface area contributed by atoms with Crippen LogP contribution in [-0.4, -0.2) is 32.6 Å². The summed E-state index contributed by atoms with van der Waals surface area (Å²) >= 11 is 5.98. The summed E-state index contributed by atoms with van der Waals surface area (Å²) in [5, 5.41) is 0.196. The van der Waals surface area contributed by atoms with Gasteiger partial charge in [-0.15, -0.1) is 0 Å². The van der Waals surface area contributed by atoms with E-state index >= 15 is 0 Å². The molecule has 20 heavy (non-hydrogen) atoms. The van der Waals surface area contributed by atoms with Gasteiger partial charge in [-0.1, -0.05) is 11.6 Å². The Labute approximate surface area is 120 Å². The van der Waals surface area contributed by atoms with E-state index in [9.17, 15) is 8.42 Å². The molecule has 0 fully saturated rings. The van der Waals surface area contributed by atoms with Crippen molar-refractivity contribution in [3.05, 3.63) is 29.7 Å². The standard InChI is InChI=1S/C11H12ClN3O4S/c1-18-9-4-10(19-2)8(3-7(9)12)15-20(16,17)11-5-13-6-14-11/h3-6,15H,1-2H3,(H,13,14). The molecular weight excluding hydrogens is 306 g/mol. The minimum absolute atomic E-state index is 0.0634. The number of rotatable bonds is 5. The first kappa shape index (κ1) is 14.5. The molecule has 0 radical (unpaired) electrons. The van der Waals surface area contributed by atoms with Gasteiger partial charge in [-0.05, 0) is 6.07 Å². The lowest BCUT2D eigenvalue weighted by Gasteiger charge is -2.13. The second kappa shape index (κ2) is 5.59. The minimum Gasteiger partial charge on any atom is -0.495 e. The molecule has 1 heterocycles. The molecular formula is C11H12ClN3O4S. The lowest BCUT2D eigenvalue weighted by molar-refractivity contribution is 0.396. The molecule has 0 saturated heterocycles. The molecule has 2 N–H and O–H groups in total. The van der Waals surface area contributed by atoms with Gasteiger partial charge in [0.1, 0.15) is 11.5 Å². The second-order valence-corrected chi connectivity index (χ2v) is 5.77. The highest BCUT2D eigenvalue weighted by molar-refractivity contribution is 7.92. The molecule has 2 aromatic rings. The maximum absolute atomic E-state index is 12.1. The highest BCUT2D eigenvalue weighted by Crippen LogP contribution is 2.36. The van der Waals surface area contributed by atoms with Crippen LogP contribution < -0.4 is 14.2 Å². The molecule has 2 rings (SSSR count). The lowest BCUT2D eigenvalue weighted by Crippen LogP contribution is -2.14.